The molecule has 0 N–H and O–H groups in total. The van der Waals surface area contributed by atoms with Crippen LogP contribution >= 0.6 is 0 Å². The molecule has 0 aliphatic carbocycles. The van der Waals surface area contributed by atoms with Gasteiger partial charge in [0, 0.05) is 43.7 Å². The van der Waals surface area contributed by atoms with Crippen LogP contribution in [0.4, 0.5) is 5.69 Å². The van der Waals surface area contributed by atoms with Gasteiger partial charge in [0.15, 0.2) is 5.69 Å². The fourth-order valence-electron chi connectivity index (χ4n) is 8.78. The Labute approximate surface area is 316 Å². The largest absolute Gasteiger partial charge is 0.310 e. The maximum absolute atomic E-state index is 9.72. The first-order valence-corrected chi connectivity index (χ1v) is 18.3. The molecule has 0 aliphatic rings. The van der Waals surface area contributed by atoms with E-state index in [1.165, 1.54) is 10.8 Å². The summed E-state index contributed by atoms with van der Waals surface area (Å²) in [5.74, 6) is 0. The maximum atomic E-state index is 9.72. The monoisotopic (exact) mass is 699 g/mol. The van der Waals surface area contributed by atoms with Gasteiger partial charge in [-0.3, -0.25) is 0 Å². The fourth-order valence-corrected chi connectivity index (χ4v) is 8.78. The molecule has 3 heterocycles. The standard InChI is InChI=1S/C50H29N5/c1-52-42-30-35(25-26-36(42)33-12-10-13-34(29-33)53-43-18-6-2-14-37(43)38-15-3-7-19-44(38)53)54-46-21-9-5-17-40(46)50-48(54)22-11-23-49(50)55-45-20-8-4-16-39(45)41-28-32(31-51)24-27-47(41)55/h2-30H. The van der Waals surface area contributed by atoms with E-state index < -0.39 is 0 Å². The normalized spacial score (nSPS) is 11.6. The Morgan fingerprint density at radius 3 is 1.67 bits per heavy atom. The average Bonchev–Trinajstić information content (AvgIpc) is 3.89. The molecule has 0 saturated carbocycles. The van der Waals surface area contributed by atoms with Gasteiger partial charge in [-0.1, -0.05) is 97.1 Å². The molecule has 5 nitrogen and oxygen atoms in total. The topological polar surface area (TPSA) is 42.9 Å². The molecule has 11 rings (SSSR count). The predicted molar refractivity (Wildman–Crippen MR) is 226 cm³/mol. The molecule has 0 radical (unpaired) electrons. The summed E-state index contributed by atoms with van der Waals surface area (Å²) in [5, 5.41) is 16.6. The van der Waals surface area contributed by atoms with Crippen molar-refractivity contribution in [3.63, 3.8) is 0 Å². The van der Waals surface area contributed by atoms with E-state index in [0.717, 1.165) is 82.8 Å². The number of hydrogen-bond acceptors (Lipinski definition) is 1. The molecular formula is C50H29N5. The third-order valence-electron chi connectivity index (χ3n) is 11.1. The third-order valence-corrected chi connectivity index (χ3v) is 11.1. The molecule has 5 heteroatoms. The minimum Gasteiger partial charge on any atom is -0.310 e. The lowest BCUT2D eigenvalue weighted by atomic mass is 10.0. The van der Waals surface area contributed by atoms with Crippen molar-refractivity contribution in [1.29, 1.82) is 5.26 Å². The van der Waals surface area contributed by atoms with Gasteiger partial charge < -0.3 is 13.7 Å². The lowest BCUT2D eigenvalue weighted by Crippen LogP contribution is -1.97. The molecule has 0 atom stereocenters. The van der Waals surface area contributed by atoms with E-state index in [4.69, 9.17) is 6.57 Å². The van der Waals surface area contributed by atoms with Crippen molar-refractivity contribution in [2.75, 3.05) is 0 Å². The molecule has 0 unspecified atom stereocenters. The number of nitrogens with zero attached hydrogens (tertiary/aromatic N) is 5. The van der Waals surface area contributed by atoms with Crippen molar-refractivity contribution in [1.82, 2.24) is 13.7 Å². The van der Waals surface area contributed by atoms with E-state index in [9.17, 15) is 5.26 Å². The average molecular weight is 700 g/mol. The van der Waals surface area contributed by atoms with Crippen LogP contribution in [0, 0.1) is 17.9 Å². The minimum absolute atomic E-state index is 0.592. The Morgan fingerprint density at radius 2 is 0.982 bits per heavy atom. The molecule has 3 aromatic heterocycles. The van der Waals surface area contributed by atoms with Crippen LogP contribution in [0.1, 0.15) is 5.56 Å². The fraction of sp³-hybridized carbons (Fsp3) is 0. The van der Waals surface area contributed by atoms with Crippen molar-refractivity contribution >= 4 is 71.1 Å². The van der Waals surface area contributed by atoms with Crippen LogP contribution in [0.3, 0.4) is 0 Å². The second kappa shape index (κ2) is 11.8. The van der Waals surface area contributed by atoms with Crippen LogP contribution < -0.4 is 0 Å². The predicted octanol–water partition coefficient (Wildman–Crippen LogP) is 13.1. The van der Waals surface area contributed by atoms with Crippen LogP contribution in [0.15, 0.2) is 176 Å². The van der Waals surface area contributed by atoms with Crippen LogP contribution in [-0.4, -0.2) is 13.7 Å². The number of para-hydroxylation sites is 4. The number of hydrogen-bond donors (Lipinski definition) is 0. The quantitative estimate of drug-likeness (QED) is 0.169. The van der Waals surface area contributed by atoms with Crippen molar-refractivity contribution in [2.24, 2.45) is 0 Å². The Balaban J connectivity index is 1.10. The zero-order chi connectivity index (χ0) is 36.6. The molecule has 11 aromatic rings. The summed E-state index contributed by atoms with van der Waals surface area (Å²) in [6, 6.07) is 63.5. The van der Waals surface area contributed by atoms with E-state index >= 15 is 0 Å². The third kappa shape index (κ3) is 4.45. The molecule has 55 heavy (non-hydrogen) atoms. The molecule has 0 saturated heterocycles. The Hall–Kier alpha value is -7.86. The van der Waals surface area contributed by atoms with Crippen LogP contribution in [0.5, 0.6) is 0 Å². The Morgan fingerprint density at radius 1 is 0.436 bits per heavy atom. The van der Waals surface area contributed by atoms with E-state index in [2.05, 4.69) is 182 Å². The molecule has 254 valence electrons. The number of fused-ring (bicyclic) bond motifs is 9. The first kappa shape index (κ1) is 30.7. The number of rotatable bonds is 4. The smallest absolute Gasteiger partial charge is 0.196 e. The van der Waals surface area contributed by atoms with Crippen molar-refractivity contribution in [3.8, 4) is 34.3 Å². The first-order chi connectivity index (χ1) is 27.2. The van der Waals surface area contributed by atoms with Gasteiger partial charge in [-0.05, 0) is 90.0 Å². The van der Waals surface area contributed by atoms with Gasteiger partial charge in [0.2, 0.25) is 0 Å². The summed E-state index contributed by atoms with van der Waals surface area (Å²) in [6.07, 6.45) is 0. The van der Waals surface area contributed by atoms with E-state index in [1.54, 1.807) is 0 Å². The van der Waals surface area contributed by atoms with Crippen LogP contribution in [0.2, 0.25) is 0 Å². The molecule has 8 aromatic carbocycles. The zero-order valence-corrected chi connectivity index (χ0v) is 29.5. The number of benzene rings is 8. The van der Waals surface area contributed by atoms with E-state index in [0.29, 0.717) is 11.3 Å². The molecule has 0 aliphatic heterocycles. The van der Waals surface area contributed by atoms with Gasteiger partial charge in [-0.25, -0.2) is 4.85 Å². The Kier molecular flexibility index (Phi) is 6.61. The van der Waals surface area contributed by atoms with Gasteiger partial charge in [-0.2, -0.15) is 5.26 Å². The summed E-state index contributed by atoms with van der Waals surface area (Å²) in [7, 11) is 0. The van der Waals surface area contributed by atoms with Crippen LogP contribution in [-0.2, 0) is 0 Å². The first-order valence-electron chi connectivity index (χ1n) is 18.3. The van der Waals surface area contributed by atoms with Gasteiger partial charge in [0.05, 0.1) is 57.0 Å². The number of aromatic nitrogens is 3. The minimum atomic E-state index is 0.592. The van der Waals surface area contributed by atoms with E-state index in [-0.39, 0.29) is 0 Å². The van der Waals surface area contributed by atoms with Gasteiger partial charge in [-0.15, -0.1) is 0 Å². The lowest BCUT2D eigenvalue weighted by molar-refractivity contribution is 1.17. The van der Waals surface area contributed by atoms with Gasteiger partial charge >= 0.3 is 0 Å². The van der Waals surface area contributed by atoms with Gasteiger partial charge in [0.1, 0.15) is 0 Å². The molecule has 0 amide bonds. The van der Waals surface area contributed by atoms with Crippen molar-refractivity contribution in [2.45, 2.75) is 0 Å². The molecule has 0 fully saturated rings. The maximum Gasteiger partial charge on any atom is 0.196 e. The SMILES string of the molecule is [C-]#[N+]c1cc(-n2c3ccccc3c3c(-n4c5ccccc5c5cc(C#N)ccc54)cccc32)ccc1-c1cccc(-n2c3ccccc3c3ccccc32)c1. The highest BCUT2D eigenvalue weighted by atomic mass is 15.0. The molecule has 0 bridgehead atoms. The zero-order valence-electron chi connectivity index (χ0n) is 29.5. The lowest BCUT2D eigenvalue weighted by Gasteiger charge is -2.14. The summed E-state index contributed by atoms with van der Waals surface area (Å²) in [5.41, 5.74) is 12.7. The molecule has 0 spiro atoms. The second-order valence-corrected chi connectivity index (χ2v) is 14.0. The second-order valence-electron chi connectivity index (χ2n) is 14.0. The molecular weight excluding hydrogens is 671 g/mol. The van der Waals surface area contributed by atoms with E-state index in [1.807, 2.05) is 18.2 Å². The van der Waals surface area contributed by atoms with Crippen molar-refractivity contribution < 1.29 is 0 Å². The summed E-state index contributed by atoms with van der Waals surface area (Å²) >= 11 is 0. The Bertz CT molecular complexity index is 3420. The highest BCUT2D eigenvalue weighted by Crippen LogP contribution is 2.42. The summed E-state index contributed by atoms with van der Waals surface area (Å²) in [6.45, 7) is 8.39. The van der Waals surface area contributed by atoms with Crippen LogP contribution in [0.25, 0.3) is 98.5 Å². The highest BCUT2D eigenvalue weighted by molar-refractivity contribution is 6.16. The highest BCUT2D eigenvalue weighted by Gasteiger charge is 2.21. The summed E-state index contributed by atoms with van der Waals surface area (Å²) in [4.78, 5) is 4.11. The van der Waals surface area contributed by atoms with Crippen molar-refractivity contribution in [3.05, 3.63) is 193 Å². The van der Waals surface area contributed by atoms with Gasteiger partial charge in [0.25, 0.3) is 0 Å². The summed E-state index contributed by atoms with van der Waals surface area (Å²) < 4.78 is 6.92. The number of nitriles is 1.